The fraction of sp³-hybridized carbons (Fsp3) is 0.562. The molecule has 1 aliphatic rings. The Hall–Kier alpha value is -1.40. The van der Waals surface area contributed by atoms with Gasteiger partial charge in [-0.3, -0.25) is 9.69 Å². The van der Waals surface area contributed by atoms with Crippen LogP contribution in [0.4, 0.5) is 0 Å². The highest BCUT2D eigenvalue weighted by molar-refractivity contribution is 7.91. The van der Waals surface area contributed by atoms with Crippen LogP contribution in [-0.4, -0.2) is 49.9 Å². The highest BCUT2D eigenvalue weighted by atomic mass is 32.2. The molecular formula is C16H24N2O3S. The quantitative estimate of drug-likeness (QED) is 0.860. The first-order valence-electron chi connectivity index (χ1n) is 7.76. The summed E-state index contributed by atoms with van der Waals surface area (Å²) in [5.74, 6) is 0.0241. The molecule has 2 rings (SSSR count). The molecule has 1 atom stereocenters. The number of hydrogen-bond donors (Lipinski definition) is 1. The van der Waals surface area contributed by atoms with Crippen LogP contribution in [0, 0.1) is 0 Å². The molecule has 1 unspecified atom stereocenters. The van der Waals surface area contributed by atoms with Gasteiger partial charge in [0.25, 0.3) is 5.91 Å². The van der Waals surface area contributed by atoms with Gasteiger partial charge in [0, 0.05) is 18.2 Å². The van der Waals surface area contributed by atoms with Gasteiger partial charge in [-0.25, -0.2) is 8.42 Å². The minimum absolute atomic E-state index is 0.0543. The van der Waals surface area contributed by atoms with Gasteiger partial charge < -0.3 is 5.32 Å². The Morgan fingerprint density at radius 3 is 2.36 bits per heavy atom. The molecule has 1 amide bonds. The molecule has 0 radical (unpaired) electrons. The number of carbonyl (C=O) groups excluding carboxylic acids is 1. The summed E-state index contributed by atoms with van der Waals surface area (Å²) in [5, 5.41) is 2.80. The topological polar surface area (TPSA) is 66.5 Å². The predicted octanol–water partition coefficient (Wildman–Crippen LogP) is 1.45. The zero-order chi connectivity index (χ0) is 16.2. The van der Waals surface area contributed by atoms with E-state index in [1.807, 2.05) is 12.1 Å². The maximum absolute atomic E-state index is 12.1. The number of nitrogens with one attached hydrogen (secondary N) is 1. The van der Waals surface area contributed by atoms with E-state index < -0.39 is 9.84 Å². The molecule has 1 N–H and O–H groups in total. The molecule has 122 valence electrons. The zero-order valence-corrected chi connectivity index (χ0v) is 14.0. The van der Waals surface area contributed by atoms with Gasteiger partial charge in [0.2, 0.25) is 0 Å². The lowest BCUT2D eigenvalue weighted by molar-refractivity contribution is 0.0941. The van der Waals surface area contributed by atoms with Crippen LogP contribution < -0.4 is 5.32 Å². The Balaban J connectivity index is 1.94. The van der Waals surface area contributed by atoms with E-state index >= 15 is 0 Å². The van der Waals surface area contributed by atoms with Crippen molar-refractivity contribution in [3.05, 3.63) is 35.4 Å². The maximum Gasteiger partial charge on any atom is 0.251 e. The van der Waals surface area contributed by atoms with Crippen LogP contribution in [0.5, 0.6) is 0 Å². The standard InChI is InChI=1S/C16H24N2O3S/c1-3-18(4-2)11-13-5-7-14(8-6-13)16(19)17-15-9-10-22(20,21)12-15/h5-8,15H,3-4,9-12H2,1-2H3,(H,17,19). The molecule has 6 heteroatoms. The van der Waals surface area contributed by atoms with Gasteiger partial charge in [-0.15, -0.1) is 0 Å². The van der Waals surface area contributed by atoms with Crippen molar-refractivity contribution in [3.8, 4) is 0 Å². The van der Waals surface area contributed by atoms with Crippen molar-refractivity contribution in [1.82, 2.24) is 10.2 Å². The highest BCUT2D eigenvalue weighted by Crippen LogP contribution is 2.13. The largest absolute Gasteiger partial charge is 0.348 e. The van der Waals surface area contributed by atoms with Crippen molar-refractivity contribution in [1.29, 1.82) is 0 Å². The Morgan fingerprint density at radius 2 is 1.86 bits per heavy atom. The SMILES string of the molecule is CCN(CC)Cc1ccc(C(=O)NC2CCS(=O)(=O)C2)cc1. The van der Waals surface area contributed by atoms with Gasteiger partial charge in [-0.2, -0.15) is 0 Å². The first-order valence-corrected chi connectivity index (χ1v) is 9.58. The number of sulfone groups is 1. The number of hydrogen-bond acceptors (Lipinski definition) is 4. The predicted molar refractivity (Wildman–Crippen MR) is 87.6 cm³/mol. The minimum Gasteiger partial charge on any atom is -0.348 e. The molecular weight excluding hydrogens is 300 g/mol. The van der Waals surface area contributed by atoms with Crippen molar-refractivity contribution in [2.24, 2.45) is 0 Å². The lowest BCUT2D eigenvalue weighted by atomic mass is 10.1. The van der Waals surface area contributed by atoms with E-state index in [-0.39, 0.29) is 23.5 Å². The van der Waals surface area contributed by atoms with Crippen LogP contribution >= 0.6 is 0 Å². The minimum atomic E-state index is -2.97. The third-order valence-corrected chi connectivity index (χ3v) is 5.85. The molecule has 1 aliphatic heterocycles. The van der Waals surface area contributed by atoms with Crippen LogP contribution in [0.2, 0.25) is 0 Å². The Morgan fingerprint density at radius 1 is 1.23 bits per heavy atom. The molecule has 1 saturated heterocycles. The van der Waals surface area contributed by atoms with Crippen LogP contribution in [0.3, 0.4) is 0 Å². The van der Waals surface area contributed by atoms with Crippen molar-refractivity contribution in [2.45, 2.75) is 32.9 Å². The molecule has 22 heavy (non-hydrogen) atoms. The summed E-state index contributed by atoms with van der Waals surface area (Å²) in [5.41, 5.74) is 1.75. The normalized spacial score (nSPS) is 20.2. The summed E-state index contributed by atoms with van der Waals surface area (Å²) < 4.78 is 22.8. The first-order chi connectivity index (χ1) is 10.4. The zero-order valence-electron chi connectivity index (χ0n) is 13.2. The fourth-order valence-corrected chi connectivity index (χ4v) is 4.32. The molecule has 0 spiro atoms. The summed E-state index contributed by atoms with van der Waals surface area (Å²) >= 11 is 0. The third kappa shape index (κ3) is 4.55. The highest BCUT2D eigenvalue weighted by Gasteiger charge is 2.29. The van der Waals surface area contributed by atoms with Gasteiger partial charge in [-0.05, 0) is 37.2 Å². The van der Waals surface area contributed by atoms with Crippen LogP contribution in [0.1, 0.15) is 36.2 Å². The van der Waals surface area contributed by atoms with Crippen LogP contribution in [-0.2, 0) is 16.4 Å². The monoisotopic (exact) mass is 324 g/mol. The summed E-state index contributed by atoms with van der Waals surface area (Å²) in [6, 6.07) is 7.26. The van der Waals surface area contributed by atoms with Crippen LogP contribution in [0.15, 0.2) is 24.3 Å². The summed E-state index contributed by atoms with van der Waals surface area (Å²) in [6.45, 7) is 7.11. The molecule has 1 aromatic rings. The molecule has 5 nitrogen and oxygen atoms in total. The Labute approximate surface area is 132 Å². The Bertz CT molecular complexity index is 607. The van der Waals surface area contributed by atoms with Gasteiger partial charge in [0.05, 0.1) is 11.5 Å². The number of amides is 1. The second-order valence-corrected chi connectivity index (χ2v) is 7.96. The molecule has 0 aliphatic carbocycles. The van der Waals surface area contributed by atoms with E-state index in [1.165, 1.54) is 5.56 Å². The van der Waals surface area contributed by atoms with Gasteiger partial charge in [0.15, 0.2) is 9.84 Å². The lowest BCUT2D eigenvalue weighted by Crippen LogP contribution is -2.35. The molecule has 1 aromatic carbocycles. The lowest BCUT2D eigenvalue weighted by Gasteiger charge is -2.18. The maximum atomic E-state index is 12.1. The van der Waals surface area contributed by atoms with Crippen molar-refractivity contribution < 1.29 is 13.2 Å². The molecule has 0 saturated carbocycles. The van der Waals surface area contributed by atoms with E-state index in [9.17, 15) is 13.2 Å². The van der Waals surface area contributed by atoms with E-state index in [1.54, 1.807) is 12.1 Å². The van der Waals surface area contributed by atoms with Gasteiger partial charge >= 0.3 is 0 Å². The first kappa shape index (κ1) is 17.0. The van der Waals surface area contributed by atoms with Crippen molar-refractivity contribution >= 4 is 15.7 Å². The summed E-state index contributed by atoms with van der Waals surface area (Å²) in [6.07, 6.45) is 0.508. The molecule has 0 aromatic heterocycles. The van der Waals surface area contributed by atoms with Crippen LogP contribution in [0.25, 0.3) is 0 Å². The third-order valence-electron chi connectivity index (χ3n) is 4.08. The average Bonchev–Trinajstić information content (AvgIpc) is 2.84. The number of carbonyl (C=O) groups is 1. The van der Waals surface area contributed by atoms with E-state index in [2.05, 4.69) is 24.1 Å². The van der Waals surface area contributed by atoms with E-state index in [0.29, 0.717) is 12.0 Å². The average molecular weight is 324 g/mol. The van der Waals surface area contributed by atoms with E-state index in [4.69, 9.17) is 0 Å². The van der Waals surface area contributed by atoms with Crippen molar-refractivity contribution in [3.63, 3.8) is 0 Å². The smallest absolute Gasteiger partial charge is 0.251 e. The number of benzene rings is 1. The summed E-state index contributed by atoms with van der Waals surface area (Å²) in [4.78, 5) is 14.4. The second-order valence-electron chi connectivity index (χ2n) is 5.73. The summed E-state index contributed by atoms with van der Waals surface area (Å²) in [7, 11) is -2.97. The van der Waals surface area contributed by atoms with E-state index in [0.717, 1.165) is 19.6 Å². The Kier molecular flexibility index (Phi) is 5.58. The molecule has 1 fully saturated rings. The fourth-order valence-electron chi connectivity index (χ4n) is 2.64. The van der Waals surface area contributed by atoms with Crippen molar-refractivity contribution in [2.75, 3.05) is 24.6 Å². The molecule has 0 bridgehead atoms. The second kappa shape index (κ2) is 7.24. The van der Waals surface area contributed by atoms with Gasteiger partial charge in [0.1, 0.15) is 0 Å². The van der Waals surface area contributed by atoms with Gasteiger partial charge in [-0.1, -0.05) is 26.0 Å². The molecule has 1 heterocycles. The number of rotatable bonds is 6. The number of nitrogens with zero attached hydrogens (tertiary/aromatic N) is 1.